The molecule has 0 unspecified atom stereocenters. The molecule has 0 heterocycles. The highest BCUT2D eigenvalue weighted by atomic mass is 32.2. The van der Waals surface area contributed by atoms with Gasteiger partial charge in [-0.05, 0) is 55.3 Å². The number of rotatable bonds is 7. The highest BCUT2D eigenvalue weighted by Gasteiger charge is 2.22. The van der Waals surface area contributed by atoms with Crippen molar-refractivity contribution in [3.63, 3.8) is 0 Å². The van der Waals surface area contributed by atoms with Crippen LogP contribution in [0.25, 0.3) is 0 Å². The highest BCUT2D eigenvalue weighted by Crippen LogP contribution is 2.23. The standard InChI is InChI=1S/C22H24N2O4S2/c1-17-9-14-22(18(2)15-17)29(25,26)23-20-10-12-21(13-11-20)30(27,28)24(3)16-19-7-5-4-6-8-19/h4-15,23H,16H2,1-3H3. The zero-order valence-electron chi connectivity index (χ0n) is 17.0. The van der Waals surface area contributed by atoms with Crippen LogP contribution in [0.3, 0.4) is 0 Å². The summed E-state index contributed by atoms with van der Waals surface area (Å²) in [5.41, 5.74) is 2.78. The van der Waals surface area contributed by atoms with Gasteiger partial charge in [-0.3, -0.25) is 4.72 Å². The number of hydrogen-bond acceptors (Lipinski definition) is 4. The Kier molecular flexibility index (Phi) is 6.30. The van der Waals surface area contributed by atoms with Crippen molar-refractivity contribution in [3.05, 3.63) is 89.5 Å². The third kappa shape index (κ3) is 4.89. The Morgan fingerprint density at radius 2 is 1.47 bits per heavy atom. The molecule has 3 aromatic rings. The molecule has 0 bridgehead atoms. The average molecular weight is 445 g/mol. The maximum Gasteiger partial charge on any atom is 0.262 e. The van der Waals surface area contributed by atoms with E-state index in [0.717, 1.165) is 11.1 Å². The number of aryl methyl sites for hydroxylation is 2. The maximum atomic E-state index is 12.8. The summed E-state index contributed by atoms with van der Waals surface area (Å²) in [6, 6.07) is 20.1. The van der Waals surface area contributed by atoms with Crippen LogP contribution in [0, 0.1) is 13.8 Å². The van der Waals surface area contributed by atoms with Crippen molar-refractivity contribution in [1.29, 1.82) is 0 Å². The summed E-state index contributed by atoms with van der Waals surface area (Å²) in [6.45, 7) is 3.87. The highest BCUT2D eigenvalue weighted by molar-refractivity contribution is 7.92. The number of anilines is 1. The van der Waals surface area contributed by atoms with Crippen LogP contribution in [0.5, 0.6) is 0 Å². The molecule has 0 aliphatic carbocycles. The van der Waals surface area contributed by atoms with Gasteiger partial charge in [0.05, 0.1) is 9.79 Å². The van der Waals surface area contributed by atoms with E-state index in [9.17, 15) is 16.8 Å². The fraction of sp³-hybridized carbons (Fsp3) is 0.182. The van der Waals surface area contributed by atoms with E-state index >= 15 is 0 Å². The fourth-order valence-corrected chi connectivity index (χ4v) is 5.56. The number of nitrogens with zero attached hydrogens (tertiary/aromatic N) is 1. The van der Waals surface area contributed by atoms with Crippen LogP contribution in [0.4, 0.5) is 5.69 Å². The molecule has 3 aromatic carbocycles. The van der Waals surface area contributed by atoms with Crippen LogP contribution in [-0.2, 0) is 26.6 Å². The van der Waals surface area contributed by atoms with E-state index in [1.54, 1.807) is 25.1 Å². The summed E-state index contributed by atoms with van der Waals surface area (Å²) in [7, 11) is -5.97. The molecule has 158 valence electrons. The first-order valence-corrected chi connectivity index (χ1v) is 12.2. The van der Waals surface area contributed by atoms with E-state index < -0.39 is 20.0 Å². The van der Waals surface area contributed by atoms with Crippen LogP contribution >= 0.6 is 0 Å². The number of sulfonamides is 2. The van der Waals surface area contributed by atoms with Crippen molar-refractivity contribution in [2.75, 3.05) is 11.8 Å². The van der Waals surface area contributed by atoms with Crippen LogP contribution < -0.4 is 4.72 Å². The number of benzene rings is 3. The lowest BCUT2D eigenvalue weighted by atomic mass is 10.2. The molecule has 0 saturated carbocycles. The van der Waals surface area contributed by atoms with Gasteiger partial charge in [0.2, 0.25) is 10.0 Å². The minimum atomic E-state index is -3.78. The third-order valence-corrected chi connectivity index (χ3v) is 8.04. The predicted molar refractivity (Wildman–Crippen MR) is 118 cm³/mol. The van der Waals surface area contributed by atoms with Gasteiger partial charge in [-0.25, -0.2) is 16.8 Å². The Bertz CT molecular complexity index is 1240. The van der Waals surface area contributed by atoms with E-state index in [1.807, 2.05) is 37.3 Å². The van der Waals surface area contributed by atoms with Crippen molar-refractivity contribution in [1.82, 2.24) is 4.31 Å². The van der Waals surface area contributed by atoms with E-state index in [0.29, 0.717) is 11.3 Å². The van der Waals surface area contributed by atoms with Gasteiger partial charge in [-0.1, -0.05) is 48.0 Å². The van der Waals surface area contributed by atoms with E-state index in [2.05, 4.69) is 4.72 Å². The van der Waals surface area contributed by atoms with E-state index in [-0.39, 0.29) is 16.3 Å². The van der Waals surface area contributed by atoms with Crippen LogP contribution in [0.15, 0.2) is 82.6 Å². The second kappa shape index (κ2) is 8.59. The normalized spacial score (nSPS) is 12.1. The van der Waals surface area contributed by atoms with E-state index in [4.69, 9.17) is 0 Å². The Hall–Kier alpha value is -2.68. The molecule has 0 aromatic heterocycles. The number of nitrogens with one attached hydrogen (secondary N) is 1. The van der Waals surface area contributed by atoms with Crippen LogP contribution in [0.2, 0.25) is 0 Å². The largest absolute Gasteiger partial charge is 0.280 e. The molecule has 0 spiro atoms. The van der Waals surface area contributed by atoms with Gasteiger partial charge in [0.1, 0.15) is 0 Å². The minimum Gasteiger partial charge on any atom is -0.280 e. The Morgan fingerprint density at radius 3 is 2.07 bits per heavy atom. The molecule has 0 aliphatic heterocycles. The predicted octanol–water partition coefficient (Wildman–Crippen LogP) is 3.92. The first-order chi connectivity index (χ1) is 14.1. The molecule has 8 heteroatoms. The molecule has 0 amide bonds. The summed E-state index contributed by atoms with van der Waals surface area (Å²) in [6.07, 6.45) is 0. The van der Waals surface area contributed by atoms with Gasteiger partial charge >= 0.3 is 0 Å². The quantitative estimate of drug-likeness (QED) is 0.599. The Balaban J connectivity index is 1.78. The van der Waals surface area contributed by atoms with Crippen molar-refractivity contribution >= 4 is 25.7 Å². The first kappa shape index (κ1) is 22.0. The smallest absolute Gasteiger partial charge is 0.262 e. The fourth-order valence-electron chi connectivity index (χ4n) is 3.11. The van der Waals surface area contributed by atoms with Crippen LogP contribution in [-0.4, -0.2) is 28.2 Å². The molecule has 30 heavy (non-hydrogen) atoms. The number of hydrogen-bond donors (Lipinski definition) is 1. The summed E-state index contributed by atoms with van der Waals surface area (Å²) in [5.74, 6) is 0. The van der Waals surface area contributed by atoms with Crippen molar-refractivity contribution in [3.8, 4) is 0 Å². The van der Waals surface area contributed by atoms with Crippen molar-refractivity contribution in [2.45, 2.75) is 30.2 Å². The molecular formula is C22H24N2O4S2. The minimum absolute atomic E-state index is 0.0930. The second-order valence-corrected chi connectivity index (χ2v) is 10.8. The molecule has 0 fully saturated rings. The summed E-state index contributed by atoms with van der Waals surface area (Å²) in [5, 5.41) is 0. The topological polar surface area (TPSA) is 83.5 Å². The van der Waals surface area contributed by atoms with Gasteiger partial charge in [-0.15, -0.1) is 0 Å². The maximum absolute atomic E-state index is 12.8. The van der Waals surface area contributed by atoms with Gasteiger partial charge in [0.15, 0.2) is 0 Å². The molecule has 0 radical (unpaired) electrons. The Labute approximate surface area is 178 Å². The van der Waals surface area contributed by atoms with Gasteiger partial charge in [-0.2, -0.15) is 4.31 Å². The van der Waals surface area contributed by atoms with Crippen molar-refractivity contribution < 1.29 is 16.8 Å². The molecule has 1 N–H and O–H groups in total. The Morgan fingerprint density at radius 1 is 0.833 bits per heavy atom. The zero-order chi connectivity index (χ0) is 21.9. The summed E-state index contributed by atoms with van der Waals surface area (Å²) < 4.78 is 54.8. The summed E-state index contributed by atoms with van der Waals surface area (Å²) in [4.78, 5) is 0.280. The summed E-state index contributed by atoms with van der Waals surface area (Å²) >= 11 is 0. The molecule has 6 nitrogen and oxygen atoms in total. The van der Waals surface area contributed by atoms with E-state index in [1.165, 1.54) is 35.6 Å². The average Bonchev–Trinajstić information content (AvgIpc) is 2.68. The molecule has 3 rings (SSSR count). The molecular weight excluding hydrogens is 420 g/mol. The first-order valence-electron chi connectivity index (χ1n) is 9.30. The zero-order valence-corrected chi connectivity index (χ0v) is 18.7. The van der Waals surface area contributed by atoms with Gasteiger partial charge in [0, 0.05) is 19.3 Å². The van der Waals surface area contributed by atoms with Gasteiger partial charge < -0.3 is 0 Å². The van der Waals surface area contributed by atoms with Crippen LogP contribution in [0.1, 0.15) is 16.7 Å². The molecule has 0 aliphatic rings. The lowest BCUT2D eigenvalue weighted by molar-refractivity contribution is 0.467. The monoisotopic (exact) mass is 444 g/mol. The lowest BCUT2D eigenvalue weighted by Crippen LogP contribution is -2.26. The third-order valence-electron chi connectivity index (χ3n) is 4.68. The molecule has 0 saturated heterocycles. The lowest BCUT2D eigenvalue weighted by Gasteiger charge is -2.18. The van der Waals surface area contributed by atoms with Gasteiger partial charge in [0.25, 0.3) is 10.0 Å². The molecule has 0 atom stereocenters. The van der Waals surface area contributed by atoms with Crippen molar-refractivity contribution in [2.24, 2.45) is 0 Å². The SMILES string of the molecule is Cc1ccc(S(=O)(=O)Nc2ccc(S(=O)(=O)N(C)Cc3ccccc3)cc2)c(C)c1. The second-order valence-electron chi connectivity index (χ2n) is 7.15.